The summed E-state index contributed by atoms with van der Waals surface area (Å²) in [5.41, 5.74) is 1.72. The molecule has 0 aliphatic heterocycles. The van der Waals surface area contributed by atoms with Gasteiger partial charge in [0.05, 0.1) is 24.4 Å². The SMILES string of the molecule is N#Cc1cccc(Cn2ccnn2)c1. The van der Waals surface area contributed by atoms with Gasteiger partial charge in [-0.15, -0.1) is 5.10 Å². The molecule has 0 fully saturated rings. The Morgan fingerprint density at radius 1 is 1.43 bits per heavy atom. The highest BCUT2D eigenvalue weighted by Gasteiger charge is 1.96. The quantitative estimate of drug-likeness (QED) is 0.704. The van der Waals surface area contributed by atoms with Gasteiger partial charge in [-0.25, -0.2) is 4.68 Å². The van der Waals surface area contributed by atoms with Crippen molar-refractivity contribution in [2.24, 2.45) is 0 Å². The minimum absolute atomic E-state index is 0.648. The first kappa shape index (κ1) is 8.45. The molecule has 0 atom stereocenters. The molecule has 0 N–H and O–H groups in total. The second-order valence-corrected chi connectivity index (χ2v) is 2.91. The average molecular weight is 184 g/mol. The van der Waals surface area contributed by atoms with Crippen LogP contribution in [-0.2, 0) is 6.54 Å². The molecule has 0 amide bonds. The van der Waals surface area contributed by atoms with E-state index in [0.717, 1.165) is 5.56 Å². The fraction of sp³-hybridized carbons (Fsp3) is 0.100. The van der Waals surface area contributed by atoms with Crippen LogP contribution < -0.4 is 0 Å². The highest BCUT2D eigenvalue weighted by molar-refractivity contribution is 5.32. The van der Waals surface area contributed by atoms with Crippen molar-refractivity contribution in [3.63, 3.8) is 0 Å². The maximum absolute atomic E-state index is 8.70. The van der Waals surface area contributed by atoms with Crippen LogP contribution in [0.2, 0.25) is 0 Å². The van der Waals surface area contributed by atoms with Crippen LogP contribution in [0.15, 0.2) is 36.7 Å². The fourth-order valence-electron chi connectivity index (χ4n) is 1.24. The van der Waals surface area contributed by atoms with E-state index in [-0.39, 0.29) is 0 Å². The van der Waals surface area contributed by atoms with E-state index in [1.165, 1.54) is 0 Å². The minimum Gasteiger partial charge on any atom is -0.248 e. The number of hydrogen-bond acceptors (Lipinski definition) is 3. The minimum atomic E-state index is 0.648. The van der Waals surface area contributed by atoms with Gasteiger partial charge in [0, 0.05) is 6.20 Å². The number of aromatic nitrogens is 3. The third kappa shape index (κ3) is 1.77. The molecule has 2 aromatic rings. The second-order valence-electron chi connectivity index (χ2n) is 2.91. The summed E-state index contributed by atoms with van der Waals surface area (Å²) in [6.45, 7) is 0.648. The maximum Gasteiger partial charge on any atom is 0.0991 e. The fourth-order valence-corrected chi connectivity index (χ4v) is 1.24. The summed E-state index contributed by atoms with van der Waals surface area (Å²) in [5, 5.41) is 16.3. The lowest BCUT2D eigenvalue weighted by atomic mass is 10.1. The molecule has 0 bridgehead atoms. The van der Waals surface area contributed by atoms with Crippen LogP contribution in [0.4, 0.5) is 0 Å². The molecule has 0 aliphatic carbocycles. The van der Waals surface area contributed by atoms with Crippen LogP contribution >= 0.6 is 0 Å². The van der Waals surface area contributed by atoms with Crippen molar-refractivity contribution in [3.8, 4) is 6.07 Å². The van der Waals surface area contributed by atoms with Crippen molar-refractivity contribution in [2.45, 2.75) is 6.54 Å². The Balaban J connectivity index is 2.22. The van der Waals surface area contributed by atoms with Gasteiger partial charge < -0.3 is 0 Å². The Labute approximate surface area is 81.4 Å². The maximum atomic E-state index is 8.70. The molecular weight excluding hydrogens is 176 g/mol. The molecule has 1 heterocycles. The van der Waals surface area contributed by atoms with Crippen LogP contribution in [0.5, 0.6) is 0 Å². The lowest BCUT2D eigenvalue weighted by molar-refractivity contribution is 0.649. The molecule has 0 aliphatic rings. The molecule has 1 aromatic carbocycles. The number of hydrogen-bond donors (Lipinski definition) is 0. The molecule has 0 saturated heterocycles. The standard InChI is InChI=1S/C10H8N4/c11-7-9-2-1-3-10(6-9)8-14-5-4-12-13-14/h1-6H,8H2. The molecule has 2 rings (SSSR count). The Bertz CT molecular complexity index is 453. The smallest absolute Gasteiger partial charge is 0.0991 e. The number of rotatable bonds is 2. The van der Waals surface area contributed by atoms with Gasteiger partial charge in [0.2, 0.25) is 0 Å². The van der Waals surface area contributed by atoms with Crippen LogP contribution in [0.1, 0.15) is 11.1 Å². The number of benzene rings is 1. The van der Waals surface area contributed by atoms with Crippen LogP contribution in [0, 0.1) is 11.3 Å². The van der Waals surface area contributed by atoms with Crippen molar-refractivity contribution in [1.29, 1.82) is 5.26 Å². The van der Waals surface area contributed by atoms with Gasteiger partial charge in [-0.2, -0.15) is 5.26 Å². The number of nitriles is 1. The highest BCUT2D eigenvalue weighted by Crippen LogP contribution is 2.05. The molecule has 0 saturated carbocycles. The second kappa shape index (κ2) is 3.71. The van der Waals surface area contributed by atoms with E-state index in [4.69, 9.17) is 5.26 Å². The normalized spacial score (nSPS) is 9.64. The summed E-state index contributed by atoms with van der Waals surface area (Å²) in [6, 6.07) is 9.56. The first-order valence-corrected chi connectivity index (χ1v) is 4.21. The highest BCUT2D eigenvalue weighted by atomic mass is 15.4. The van der Waals surface area contributed by atoms with Crippen LogP contribution in [0.25, 0.3) is 0 Å². The van der Waals surface area contributed by atoms with E-state index in [0.29, 0.717) is 12.1 Å². The predicted molar refractivity (Wildman–Crippen MR) is 50.3 cm³/mol. The van der Waals surface area contributed by atoms with E-state index >= 15 is 0 Å². The van der Waals surface area contributed by atoms with Crippen molar-refractivity contribution < 1.29 is 0 Å². The lowest BCUT2D eigenvalue weighted by Crippen LogP contribution is -2.00. The number of nitrogens with zero attached hydrogens (tertiary/aromatic N) is 4. The zero-order valence-corrected chi connectivity index (χ0v) is 7.46. The summed E-state index contributed by atoms with van der Waals surface area (Å²) in [5.74, 6) is 0. The first-order valence-electron chi connectivity index (χ1n) is 4.21. The van der Waals surface area contributed by atoms with Gasteiger partial charge >= 0.3 is 0 Å². The Morgan fingerprint density at radius 2 is 2.36 bits per heavy atom. The van der Waals surface area contributed by atoms with Crippen LogP contribution in [-0.4, -0.2) is 15.0 Å². The Kier molecular flexibility index (Phi) is 2.24. The van der Waals surface area contributed by atoms with Gasteiger partial charge in [0.15, 0.2) is 0 Å². The topological polar surface area (TPSA) is 54.5 Å². The Morgan fingerprint density at radius 3 is 3.07 bits per heavy atom. The van der Waals surface area contributed by atoms with E-state index in [1.54, 1.807) is 23.1 Å². The summed E-state index contributed by atoms with van der Waals surface area (Å²) in [7, 11) is 0. The van der Waals surface area contributed by atoms with Crippen molar-refractivity contribution in [3.05, 3.63) is 47.8 Å². The summed E-state index contributed by atoms with van der Waals surface area (Å²) in [4.78, 5) is 0. The molecular formula is C10H8N4. The molecule has 0 radical (unpaired) electrons. The van der Waals surface area contributed by atoms with E-state index in [1.807, 2.05) is 18.2 Å². The third-order valence-electron chi connectivity index (χ3n) is 1.87. The van der Waals surface area contributed by atoms with Crippen LogP contribution in [0.3, 0.4) is 0 Å². The van der Waals surface area contributed by atoms with E-state index in [2.05, 4.69) is 16.4 Å². The van der Waals surface area contributed by atoms with Gasteiger partial charge in [0.1, 0.15) is 0 Å². The summed E-state index contributed by atoms with van der Waals surface area (Å²) in [6.07, 6.45) is 3.42. The predicted octanol–water partition coefficient (Wildman–Crippen LogP) is 1.20. The van der Waals surface area contributed by atoms with Gasteiger partial charge in [-0.1, -0.05) is 17.3 Å². The zero-order valence-electron chi connectivity index (χ0n) is 7.46. The molecule has 1 aromatic heterocycles. The summed E-state index contributed by atoms with van der Waals surface area (Å²) < 4.78 is 1.72. The molecule has 4 heteroatoms. The van der Waals surface area contributed by atoms with Crippen molar-refractivity contribution in [1.82, 2.24) is 15.0 Å². The first-order chi connectivity index (χ1) is 6.88. The average Bonchev–Trinajstić information content (AvgIpc) is 2.71. The van der Waals surface area contributed by atoms with Gasteiger partial charge in [-0.05, 0) is 17.7 Å². The molecule has 4 nitrogen and oxygen atoms in total. The van der Waals surface area contributed by atoms with Gasteiger partial charge in [-0.3, -0.25) is 0 Å². The van der Waals surface area contributed by atoms with E-state index < -0.39 is 0 Å². The Hall–Kier alpha value is -2.15. The molecule has 68 valence electrons. The summed E-state index contributed by atoms with van der Waals surface area (Å²) >= 11 is 0. The van der Waals surface area contributed by atoms with Crippen molar-refractivity contribution in [2.75, 3.05) is 0 Å². The monoisotopic (exact) mass is 184 g/mol. The molecule has 0 unspecified atom stereocenters. The lowest BCUT2D eigenvalue weighted by Gasteiger charge is -2.00. The van der Waals surface area contributed by atoms with E-state index in [9.17, 15) is 0 Å². The van der Waals surface area contributed by atoms with Crippen molar-refractivity contribution >= 4 is 0 Å². The molecule has 14 heavy (non-hydrogen) atoms. The molecule has 0 spiro atoms. The van der Waals surface area contributed by atoms with Gasteiger partial charge in [0.25, 0.3) is 0 Å². The third-order valence-corrected chi connectivity index (χ3v) is 1.87. The zero-order chi connectivity index (χ0) is 9.80. The largest absolute Gasteiger partial charge is 0.248 e.